The Balaban J connectivity index is 1.71. The van der Waals surface area contributed by atoms with Crippen LogP contribution >= 0.6 is 15.9 Å². The van der Waals surface area contributed by atoms with Crippen molar-refractivity contribution in [3.63, 3.8) is 0 Å². The Kier molecular flexibility index (Phi) is 6.16. The normalized spacial score (nSPS) is 13.5. The molecule has 2 aromatic rings. The van der Waals surface area contributed by atoms with Crippen molar-refractivity contribution >= 4 is 39.1 Å². The molecule has 2 aromatic carbocycles. The van der Waals surface area contributed by atoms with E-state index in [1.165, 1.54) is 10.5 Å². The topological polar surface area (TPSA) is 52.7 Å². The number of nitrogens with zero attached hydrogens (tertiary/aromatic N) is 2. The lowest BCUT2D eigenvalue weighted by Crippen LogP contribution is -2.34. The van der Waals surface area contributed by atoms with Crippen LogP contribution in [-0.2, 0) is 11.2 Å². The maximum Gasteiger partial charge on any atom is 0.253 e. The third-order valence-corrected chi connectivity index (χ3v) is 5.13. The van der Waals surface area contributed by atoms with Crippen LogP contribution in [0.1, 0.15) is 28.8 Å². The fourth-order valence-corrected chi connectivity index (χ4v) is 3.74. The summed E-state index contributed by atoms with van der Waals surface area (Å²) in [6.07, 6.45) is 3.21. The number of anilines is 2. The van der Waals surface area contributed by atoms with Crippen molar-refractivity contribution in [2.45, 2.75) is 19.3 Å². The predicted octanol–water partition coefficient (Wildman–Crippen LogP) is 3.93. The minimum absolute atomic E-state index is 0.0831. The SMILES string of the molecule is CN(C)C(=O)c1cccc(NC(=O)CN2CCCCc3cc(Br)ccc32)c1. The summed E-state index contributed by atoms with van der Waals surface area (Å²) < 4.78 is 1.06. The monoisotopic (exact) mass is 429 g/mol. The summed E-state index contributed by atoms with van der Waals surface area (Å²) in [5.41, 5.74) is 3.59. The van der Waals surface area contributed by atoms with Gasteiger partial charge in [-0.2, -0.15) is 0 Å². The molecule has 1 N–H and O–H groups in total. The van der Waals surface area contributed by atoms with E-state index in [0.29, 0.717) is 17.8 Å². The van der Waals surface area contributed by atoms with E-state index in [2.05, 4.69) is 38.3 Å². The Morgan fingerprint density at radius 1 is 1.15 bits per heavy atom. The highest BCUT2D eigenvalue weighted by Crippen LogP contribution is 2.29. The lowest BCUT2D eigenvalue weighted by molar-refractivity contribution is -0.115. The number of rotatable bonds is 4. The fourth-order valence-electron chi connectivity index (χ4n) is 3.33. The standard InChI is InChI=1S/C21H24BrN3O2/c1-24(2)21(27)16-7-5-8-18(13-16)23-20(26)14-25-11-4-3-6-15-12-17(22)9-10-19(15)25/h5,7-10,12-13H,3-4,6,11,14H2,1-2H3,(H,23,26). The Morgan fingerprint density at radius 3 is 2.74 bits per heavy atom. The van der Waals surface area contributed by atoms with Gasteiger partial charge in [0.2, 0.25) is 5.91 Å². The van der Waals surface area contributed by atoms with Gasteiger partial charge in [-0.05, 0) is 61.2 Å². The second-order valence-electron chi connectivity index (χ2n) is 6.98. The molecule has 1 heterocycles. The predicted molar refractivity (Wildman–Crippen MR) is 112 cm³/mol. The lowest BCUT2D eigenvalue weighted by atomic mass is 10.1. The average Bonchev–Trinajstić information content (AvgIpc) is 2.82. The number of aryl methyl sites for hydroxylation is 1. The molecule has 0 fully saturated rings. The Bertz CT molecular complexity index is 851. The van der Waals surface area contributed by atoms with Gasteiger partial charge in [0.1, 0.15) is 0 Å². The van der Waals surface area contributed by atoms with E-state index >= 15 is 0 Å². The third-order valence-electron chi connectivity index (χ3n) is 4.64. The Hall–Kier alpha value is -2.34. The van der Waals surface area contributed by atoms with Gasteiger partial charge >= 0.3 is 0 Å². The largest absolute Gasteiger partial charge is 0.362 e. The molecular weight excluding hydrogens is 406 g/mol. The number of hydrogen-bond donors (Lipinski definition) is 1. The quantitative estimate of drug-likeness (QED) is 0.800. The van der Waals surface area contributed by atoms with Crippen molar-refractivity contribution in [2.75, 3.05) is 37.4 Å². The molecule has 0 bridgehead atoms. The van der Waals surface area contributed by atoms with Gasteiger partial charge in [-0.1, -0.05) is 22.0 Å². The maximum absolute atomic E-state index is 12.6. The number of fused-ring (bicyclic) bond motifs is 1. The highest BCUT2D eigenvalue weighted by atomic mass is 79.9. The summed E-state index contributed by atoms with van der Waals surface area (Å²) >= 11 is 3.53. The van der Waals surface area contributed by atoms with Crippen LogP contribution in [0.5, 0.6) is 0 Å². The average molecular weight is 430 g/mol. The van der Waals surface area contributed by atoms with Crippen molar-refractivity contribution in [1.82, 2.24) is 4.90 Å². The molecule has 6 heteroatoms. The minimum atomic E-state index is -0.0851. The summed E-state index contributed by atoms with van der Waals surface area (Å²) in [6.45, 7) is 1.15. The van der Waals surface area contributed by atoms with Crippen molar-refractivity contribution in [1.29, 1.82) is 0 Å². The molecule has 1 aliphatic heterocycles. The van der Waals surface area contributed by atoms with Gasteiger partial charge in [0.15, 0.2) is 0 Å². The zero-order valence-electron chi connectivity index (χ0n) is 15.7. The summed E-state index contributed by atoms with van der Waals surface area (Å²) in [4.78, 5) is 28.4. The summed E-state index contributed by atoms with van der Waals surface area (Å²) in [7, 11) is 3.42. The van der Waals surface area contributed by atoms with Crippen LogP contribution in [0.15, 0.2) is 46.9 Å². The molecule has 2 amide bonds. The van der Waals surface area contributed by atoms with Crippen LogP contribution in [0.4, 0.5) is 11.4 Å². The fraction of sp³-hybridized carbons (Fsp3) is 0.333. The molecule has 1 aliphatic rings. The number of benzene rings is 2. The molecule has 27 heavy (non-hydrogen) atoms. The van der Waals surface area contributed by atoms with Crippen LogP contribution in [0.2, 0.25) is 0 Å². The van der Waals surface area contributed by atoms with Crippen LogP contribution < -0.4 is 10.2 Å². The zero-order valence-corrected chi connectivity index (χ0v) is 17.3. The van der Waals surface area contributed by atoms with Gasteiger partial charge in [0.25, 0.3) is 5.91 Å². The first kappa shape index (κ1) is 19.4. The van der Waals surface area contributed by atoms with Crippen molar-refractivity contribution in [3.8, 4) is 0 Å². The molecule has 0 aliphatic carbocycles. The van der Waals surface area contributed by atoms with Gasteiger partial charge in [-0.3, -0.25) is 9.59 Å². The van der Waals surface area contributed by atoms with E-state index in [1.54, 1.807) is 38.4 Å². The first-order valence-corrected chi connectivity index (χ1v) is 9.88. The van der Waals surface area contributed by atoms with E-state index in [-0.39, 0.29) is 11.8 Å². The number of amides is 2. The van der Waals surface area contributed by atoms with E-state index in [1.807, 2.05) is 6.07 Å². The molecule has 0 saturated carbocycles. The molecule has 0 spiro atoms. The number of nitrogens with one attached hydrogen (secondary N) is 1. The van der Waals surface area contributed by atoms with Crippen LogP contribution in [0, 0.1) is 0 Å². The molecule has 0 unspecified atom stereocenters. The van der Waals surface area contributed by atoms with Crippen LogP contribution in [-0.4, -0.2) is 43.9 Å². The highest BCUT2D eigenvalue weighted by molar-refractivity contribution is 9.10. The van der Waals surface area contributed by atoms with Gasteiger partial charge in [0, 0.05) is 42.1 Å². The highest BCUT2D eigenvalue weighted by Gasteiger charge is 2.18. The first-order chi connectivity index (χ1) is 12.9. The van der Waals surface area contributed by atoms with Gasteiger partial charge in [-0.25, -0.2) is 0 Å². The van der Waals surface area contributed by atoms with Crippen LogP contribution in [0.3, 0.4) is 0 Å². The van der Waals surface area contributed by atoms with Crippen LogP contribution in [0.25, 0.3) is 0 Å². The third kappa shape index (κ3) is 4.89. The van der Waals surface area contributed by atoms with E-state index < -0.39 is 0 Å². The molecule has 0 atom stereocenters. The molecule has 142 valence electrons. The van der Waals surface area contributed by atoms with Gasteiger partial charge < -0.3 is 15.1 Å². The lowest BCUT2D eigenvalue weighted by Gasteiger charge is -2.24. The summed E-state index contributed by atoms with van der Waals surface area (Å²) in [5, 5.41) is 2.93. The number of halogens is 1. The molecule has 0 aromatic heterocycles. The van der Waals surface area contributed by atoms with Crippen molar-refractivity contribution in [2.24, 2.45) is 0 Å². The van der Waals surface area contributed by atoms with E-state index in [0.717, 1.165) is 36.0 Å². The minimum Gasteiger partial charge on any atom is -0.362 e. The second-order valence-corrected chi connectivity index (χ2v) is 7.90. The molecule has 0 saturated heterocycles. The van der Waals surface area contributed by atoms with Gasteiger partial charge in [0.05, 0.1) is 6.54 Å². The number of carbonyl (C=O) groups excluding carboxylic acids is 2. The molecule has 0 radical (unpaired) electrons. The van der Waals surface area contributed by atoms with Crippen molar-refractivity contribution in [3.05, 3.63) is 58.1 Å². The molecular formula is C21H24BrN3O2. The smallest absolute Gasteiger partial charge is 0.253 e. The van der Waals surface area contributed by atoms with Crippen molar-refractivity contribution < 1.29 is 9.59 Å². The van der Waals surface area contributed by atoms with E-state index in [9.17, 15) is 9.59 Å². The zero-order chi connectivity index (χ0) is 19.4. The van der Waals surface area contributed by atoms with Gasteiger partial charge in [-0.15, -0.1) is 0 Å². The molecule has 5 nitrogen and oxygen atoms in total. The number of hydrogen-bond acceptors (Lipinski definition) is 3. The number of carbonyl (C=O) groups is 2. The maximum atomic E-state index is 12.6. The first-order valence-electron chi connectivity index (χ1n) is 9.09. The Labute approximate surface area is 168 Å². The summed E-state index contributed by atoms with van der Waals surface area (Å²) in [6, 6.07) is 13.3. The van der Waals surface area contributed by atoms with E-state index in [4.69, 9.17) is 0 Å². The summed E-state index contributed by atoms with van der Waals surface area (Å²) in [5.74, 6) is -0.168. The second kappa shape index (κ2) is 8.57. The Morgan fingerprint density at radius 2 is 1.96 bits per heavy atom. The molecule has 3 rings (SSSR count).